The fourth-order valence-electron chi connectivity index (χ4n) is 6.73. The zero-order valence-corrected chi connectivity index (χ0v) is 18.5. The summed E-state index contributed by atoms with van der Waals surface area (Å²) in [5, 5.41) is 0. The minimum Gasteiger partial charge on any atom is -0.489 e. The Kier molecular flexibility index (Phi) is 5.97. The van der Waals surface area contributed by atoms with E-state index in [0.29, 0.717) is 12.8 Å². The monoisotopic (exact) mass is 472 g/mol. The molecule has 1 nitrogen and oxygen atoms in total. The summed E-state index contributed by atoms with van der Waals surface area (Å²) in [5.41, 5.74) is 3.27. The topological polar surface area (TPSA) is 9.23 Å². The Hall–Kier alpha value is -1.66. The molecule has 7 heteroatoms. The second-order valence-corrected chi connectivity index (χ2v) is 10.3. The molecule has 0 saturated heterocycles. The first-order valence-electron chi connectivity index (χ1n) is 12.2. The highest BCUT2D eigenvalue weighted by molar-refractivity contribution is 5.47. The van der Waals surface area contributed by atoms with Crippen LogP contribution in [-0.4, -0.2) is 18.5 Å². The molecular formula is C26H30F6O. The number of rotatable bonds is 2. The molecule has 0 aromatic rings. The van der Waals surface area contributed by atoms with Crippen molar-refractivity contribution in [3.8, 4) is 0 Å². The van der Waals surface area contributed by atoms with Gasteiger partial charge in [0.15, 0.2) is 0 Å². The summed E-state index contributed by atoms with van der Waals surface area (Å²) in [7, 11) is 0. The van der Waals surface area contributed by atoms with Crippen LogP contribution >= 0.6 is 0 Å². The number of ether oxygens (including phenoxy) is 1. The molecule has 33 heavy (non-hydrogen) atoms. The van der Waals surface area contributed by atoms with Gasteiger partial charge in [0.1, 0.15) is 11.9 Å². The zero-order chi connectivity index (χ0) is 23.4. The smallest absolute Gasteiger partial charge is 0.395 e. The molecule has 0 aromatic carbocycles. The average Bonchev–Trinajstić information content (AvgIpc) is 3.17. The number of hydrogen-bond acceptors (Lipinski definition) is 1. The molecule has 1 heterocycles. The van der Waals surface area contributed by atoms with Crippen molar-refractivity contribution in [3.05, 3.63) is 46.8 Å². The largest absolute Gasteiger partial charge is 0.489 e. The van der Waals surface area contributed by atoms with Gasteiger partial charge >= 0.3 is 12.4 Å². The summed E-state index contributed by atoms with van der Waals surface area (Å²) in [6, 6.07) is 0. The second-order valence-electron chi connectivity index (χ2n) is 10.3. The van der Waals surface area contributed by atoms with Gasteiger partial charge in [-0.05, 0) is 68.4 Å². The van der Waals surface area contributed by atoms with Crippen LogP contribution in [0.2, 0.25) is 0 Å². The van der Waals surface area contributed by atoms with E-state index in [-0.39, 0.29) is 43.1 Å². The maximum Gasteiger partial charge on any atom is 0.395 e. The predicted octanol–water partition coefficient (Wildman–Crippen LogP) is 8.21. The first-order chi connectivity index (χ1) is 15.6. The van der Waals surface area contributed by atoms with Crippen molar-refractivity contribution in [2.24, 2.45) is 29.6 Å². The van der Waals surface area contributed by atoms with E-state index in [4.69, 9.17) is 4.74 Å². The molecule has 182 valence electrons. The minimum atomic E-state index is -4.20. The molecule has 0 N–H and O–H groups in total. The van der Waals surface area contributed by atoms with E-state index in [1.165, 1.54) is 6.08 Å². The molecule has 5 rings (SSSR count). The van der Waals surface area contributed by atoms with E-state index in [0.717, 1.165) is 54.6 Å². The van der Waals surface area contributed by atoms with Crippen LogP contribution in [0.3, 0.4) is 0 Å². The number of hydrogen-bond donors (Lipinski definition) is 0. The molecule has 0 amide bonds. The summed E-state index contributed by atoms with van der Waals surface area (Å²) in [6.45, 7) is 0. The van der Waals surface area contributed by atoms with Crippen molar-refractivity contribution in [1.29, 1.82) is 0 Å². The van der Waals surface area contributed by atoms with Crippen molar-refractivity contribution in [2.75, 3.05) is 0 Å². The summed E-state index contributed by atoms with van der Waals surface area (Å²) in [5.74, 6) is -1.75. The maximum absolute atomic E-state index is 13.4. The molecular weight excluding hydrogens is 442 g/mol. The third kappa shape index (κ3) is 4.41. The Morgan fingerprint density at radius 3 is 2.33 bits per heavy atom. The lowest BCUT2D eigenvalue weighted by Crippen LogP contribution is -2.34. The van der Waals surface area contributed by atoms with Gasteiger partial charge in [0.2, 0.25) is 0 Å². The van der Waals surface area contributed by atoms with E-state index in [1.54, 1.807) is 6.08 Å². The summed E-state index contributed by atoms with van der Waals surface area (Å²) in [6.07, 6.45) is 4.20. The molecule has 1 aliphatic heterocycles. The van der Waals surface area contributed by atoms with Crippen molar-refractivity contribution < 1.29 is 31.1 Å². The zero-order valence-electron chi connectivity index (χ0n) is 18.5. The van der Waals surface area contributed by atoms with Gasteiger partial charge < -0.3 is 4.74 Å². The molecule has 6 unspecified atom stereocenters. The van der Waals surface area contributed by atoms with Gasteiger partial charge in [-0.3, -0.25) is 0 Å². The second kappa shape index (κ2) is 8.53. The van der Waals surface area contributed by atoms with Crippen LogP contribution in [-0.2, 0) is 4.74 Å². The Morgan fingerprint density at radius 2 is 1.64 bits per heavy atom. The Morgan fingerprint density at radius 1 is 0.818 bits per heavy atom. The van der Waals surface area contributed by atoms with Crippen molar-refractivity contribution in [2.45, 2.75) is 82.7 Å². The lowest BCUT2D eigenvalue weighted by atomic mass is 9.68. The molecule has 4 aliphatic carbocycles. The van der Waals surface area contributed by atoms with E-state index in [9.17, 15) is 26.3 Å². The highest BCUT2D eigenvalue weighted by atomic mass is 19.4. The van der Waals surface area contributed by atoms with Gasteiger partial charge in [0.05, 0.1) is 11.8 Å². The first-order valence-corrected chi connectivity index (χ1v) is 12.2. The molecule has 0 spiro atoms. The van der Waals surface area contributed by atoms with Gasteiger partial charge in [0, 0.05) is 23.8 Å². The van der Waals surface area contributed by atoms with Gasteiger partial charge in [-0.15, -0.1) is 0 Å². The number of alkyl halides is 6. The lowest BCUT2D eigenvalue weighted by Gasteiger charge is -2.37. The Bertz CT molecular complexity index is 889. The van der Waals surface area contributed by atoms with Crippen LogP contribution in [0.25, 0.3) is 0 Å². The average molecular weight is 473 g/mol. The minimum absolute atomic E-state index is 0.0464. The highest BCUT2D eigenvalue weighted by Crippen LogP contribution is 2.53. The van der Waals surface area contributed by atoms with Gasteiger partial charge in [0.25, 0.3) is 0 Å². The molecule has 0 aromatic heterocycles. The highest BCUT2D eigenvalue weighted by Gasteiger charge is 2.48. The van der Waals surface area contributed by atoms with Crippen LogP contribution in [0.4, 0.5) is 26.3 Å². The van der Waals surface area contributed by atoms with Crippen LogP contribution in [0.15, 0.2) is 46.8 Å². The maximum atomic E-state index is 13.4. The number of allylic oxidation sites excluding steroid dienone is 6. The summed E-state index contributed by atoms with van der Waals surface area (Å²) >= 11 is 0. The normalized spacial score (nSPS) is 37.2. The van der Waals surface area contributed by atoms with Gasteiger partial charge in [-0.2, -0.15) is 26.3 Å². The Balaban J connectivity index is 1.35. The molecule has 1 saturated carbocycles. The summed E-state index contributed by atoms with van der Waals surface area (Å²) < 4.78 is 85.9. The fraction of sp³-hybridized carbons (Fsp3) is 0.692. The van der Waals surface area contributed by atoms with E-state index in [2.05, 4.69) is 12.2 Å². The number of halogens is 6. The molecule has 0 bridgehead atoms. The van der Waals surface area contributed by atoms with Crippen molar-refractivity contribution in [1.82, 2.24) is 0 Å². The third-order valence-electron chi connectivity index (χ3n) is 8.33. The third-order valence-corrected chi connectivity index (χ3v) is 8.33. The fourth-order valence-corrected chi connectivity index (χ4v) is 6.73. The van der Waals surface area contributed by atoms with E-state index >= 15 is 0 Å². The van der Waals surface area contributed by atoms with Gasteiger partial charge in [-0.25, -0.2) is 0 Å². The molecule has 0 radical (unpaired) electrons. The van der Waals surface area contributed by atoms with Crippen molar-refractivity contribution in [3.63, 3.8) is 0 Å². The standard InChI is InChI=1S/C26H30F6O/c27-25(28,29)17-12-10-15(11-13-17)19-6-3-9-22-23(19)21-8-2-7-20(24(21)33-22)16-4-1-5-18(14-16)26(30,31)32/h6-7,10,12,15-18,21,24H,1-5,8-9,11,13-14H2. The Labute approximate surface area is 190 Å². The quantitative estimate of drug-likeness (QED) is 0.291. The van der Waals surface area contributed by atoms with Crippen LogP contribution in [0, 0.1) is 29.6 Å². The first kappa shape index (κ1) is 23.1. The lowest BCUT2D eigenvalue weighted by molar-refractivity contribution is -0.185. The SMILES string of the molecule is FC(F)(F)C1C=CC(C2=CCCC3=C2C2CCC=C(C4CCCC(C(F)(F)F)C4)C2O3)CC1. The molecule has 1 fully saturated rings. The van der Waals surface area contributed by atoms with Crippen LogP contribution < -0.4 is 0 Å². The van der Waals surface area contributed by atoms with E-state index < -0.39 is 24.2 Å². The van der Waals surface area contributed by atoms with Crippen molar-refractivity contribution >= 4 is 0 Å². The number of fused-ring (bicyclic) bond motifs is 2. The predicted molar refractivity (Wildman–Crippen MR) is 113 cm³/mol. The van der Waals surface area contributed by atoms with E-state index in [1.807, 2.05) is 0 Å². The van der Waals surface area contributed by atoms with Gasteiger partial charge in [-0.1, -0.05) is 30.7 Å². The van der Waals surface area contributed by atoms with Crippen LogP contribution in [0.5, 0.6) is 0 Å². The molecule has 5 aliphatic rings. The summed E-state index contributed by atoms with van der Waals surface area (Å²) in [4.78, 5) is 0. The van der Waals surface area contributed by atoms with Crippen LogP contribution in [0.1, 0.15) is 64.2 Å². The molecule has 6 atom stereocenters.